The van der Waals surface area contributed by atoms with Crippen LogP contribution in [-0.4, -0.2) is 112 Å². The molecule has 2 atom stereocenters. The molecule has 3 aromatic carbocycles. The lowest BCUT2D eigenvalue weighted by atomic mass is 9.94. The number of nitrogens with two attached hydrogens (primary N) is 1. The molecule has 5 aliphatic rings. The van der Waals surface area contributed by atoms with Crippen molar-refractivity contribution in [2.75, 3.05) is 72.8 Å². The Hall–Kier alpha value is -5.89. The second kappa shape index (κ2) is 16.2. The van der Waals surface area contributed by atoms with Crippen molar-refractivity contribution in [3.63, 3.8) is 0 Å². The van der Waals surface area contributed by atoms with Gasteiger partial charge in [0.1, 0.15) is 5.75 Å². The zero-order valence-electron chi connectivity index (χ0n) is 32.8. The molecule has 2 unspecified atom stereocenters. The minimum atomic E-state index is -0.305. The molecule has 3 N–H and O–H groups in total. The van der Waals surface area contributed by atoms with Gasteiger partial charge >= 0.3 is 0 Å². The van der Waals surface area contributed by atoms with Crippen molar-refractivity contribution in [2.45, 2.75) is 63.6 Å². The van der Waals surface area contributed by atoms with Crippen LogP contribution in [-0.2, 0) is 20.9 Å². The van der Waals surface area contributed by atoms with E-state index >= 15 is 0 Å². The van der Waals surface area contributed by atoms with E-state index in [-0.39, 0.29) is 29.4 Å². The lowest BCUT2D eigenvalue weighted by Crippen LogP contribution is -2.54. The van der Waals surface area contributed by atoms with Gasteiger partial charge in [-0.25, -0.2) is 0 Å². The number of amides is 3. The molecule has 0 aliphatic carbocycles. The van der Waals surface area contributed by atoms with Gasteiger partial charge in [-0.3, -0.25) is 19.3 Å². The molecule has 9 rings (SSSR count). The summed E-state index contributed by atoms with van der Waals surface area (Å²) in [5, 5.41) is 19.9. The van der Waals surface area contributed by atoms with Crippen molar-refractivity contribution < 1.29 is 24.3 Å². The number of hydrogen-bond donors (Lipinski definition) is 2. The van der Waals surface area contributed by atoms with Gasteiger partial charge in [0.05, 0.1) is 11.4 Å². The van der Waals surface area contributed by atoms with Gasteiger partial charge in [0.2, 0.25) is 5.91 Å². The zero-order chi connectivity index (χ0) is 39.8. The van der Waals surface area contributed by atoms with Crippen LogP contribution < -0.4 is 25.3 Å². The smallest absolute Gasteiger partial charge is 0.263 e. The normalized spacial score (nSPS) is 21.8. The van der Waals surface area contributed by atoms with Crippen LogP contribution in [0, 0.1) is 5.92 Å². The molecule has 0 saturated carbocycles. The van der Waals surface area contributed by atoms with Crippen molar-refractivity contribution in [2.24, 2.45) is 5.92 Å². The van der Waals surface area contributed by atoms with E-state index in [2.05, 4.69) is 54.1 Å². The molecule has 3 amide bonds. The maximum absolute atomic E-state index is 13.6. The second-order valence-corrected chi connectivity index (χ2v) is 16.3. The first kappa shape index (κ1) is 37.7. The number of para-hydroxylation sites is 1. The fourth-order valence-corrected chi connectivity index (χ4v) is 9.50. The number of aromatic hydroxyl groups is 1. The maximum atomic E-state index is 13.6. The number of hydrogen-bond acceptors (Lipinski definition) is 12. The van der Waals surface area contributed by atoms with E-state index in [1.807, 2.05) is 35.2 Å². The number of fused-ring (bicyclic) bond motifs is 2. The summed E-state index contributed by atoms with van der Waals surface area (Å²) in [6.45, 7) is 7.20. The predicted molar refractivity (Wildman–Crippen MR) is 221 cm³/mol. The molecule has 5 saturated heterocycles. The summed E-state index contributed by atoms with van der Waals surface area (Å²) < 4.78 is 0. The highest BCUT2D eigenvalue weighted by Crippen LogP contribution is 2.39. The van der Waals surface area contributed by atoms with Crippen molar-refractivity contribution in [1.29, 1.82) is 0 Å². The number of hydroxylamine groups is 2. The number of piperidine rings is 2. The lowest BCUT2D eigenvalue weighted by Gasteiger charge is -2.43. The number of phenols is 1. The van der Waals surface area contributed by atoms with E-state index in [0.29, 0.717) is 67.3 Å². The van der Waals surface area contributed by atoms with Gasteiger partial charge in [0, 0.05) is 93.6 Å². The topological polar surface area (TPSA) is 152 Å². The number of imide groups is 1. The van der Waals surface area contributed by atoms with Crippen LogP contribution in [0.15, 0.2) is 78.9 Å². The molecule has 58 heavy (non-hydrogen) atoms. The molecule has 2 bridgehead atoms. The average molecular weight is 786 g/mol. The van der Waals surface area contributed by atoms with Crippen LogP contribution in [0.5, 0.6) is 11.5 Å². The number of aromatic nitrogens is 2. The SMILES string of the molecule is Nc1nnc(-c2ccccc2O)cc1N1CC2CCC(C1)N2c1cccc(CN2CCC(C(=O)N3CCN(c4ccc(ON5C(=O)CCCC5=O)cc4)CC3)CC2)c1. The van der Waals surface area contributed by atoms with Gasteiger partial charge in [0.15, 0.2) is 11.6 Å². The molecule has 4 aromatic rings. The lowest BCUT2D eigenvalue weighted by molar-refractivity contribution is -0.175. The second-order valence-electron chi connectivity index (χ2n) is 16.3. The van der Waals surface area contributed by atoms with Gasteiger partial charge in [-0.15, -0.1) is 15.3 Å². The Morgan fingerprint density at radius 2 is 1.47 bits per heavy atom. The van der Waals surface area contributed by atoms with Gasteiger partial charge < -0.3 is 35.3 Å². The molecule has 0 spiro atoms. The van der Waals surface area contributed by atoms with E-state index in [1.165, 1.54) is 11.3 Å². The first-order valence-electron chi connectivity index (χ1n) is 20.7. The van der Waals surface area contributed by atoms with Crippen molar-refractivity contribution >= 4 is 40.6 Å². The maximum Gasteiger partial charge on any atom is 0.263 e. The number of likely N-dealkylation sites (tertiary alicyclic amines) is 1. The summed E-state index contributed by atoms with van der Waals surface area (Å²) in [5.74, 6) is 0.743. The quantitative estimate of drug-likeness (QED) is 0.227. The Morgan fingerprint density at radius 3 is 2.17 bits per heavy atom. The standard InChI is InChI=1S/C44H51N9O5/c45-43-39(26-38(46-47-43)37-7-1-2-8-40(37)54)51-28-34-11-12-35(29-51)52(34)33-6-3-5-30(25-33)27-48-19-17-31(18-20-48)44(57)50-23-21-49(22-24-50)32-13-15-36(16-14-32)58-53-41(55)9-4-10-42(53)56/h1-3,5-8,13-16,25-26,31,34-35,54H,4,9-12,17-24,27-29H2,(H2,45,47). The number of anilines is 4. The molecular weight excluding hydrogens is 735 g/mol. The monoisotopic (exact) mass is 785 g/mol. The largest absolute Gasteiger partial charge is 0.507 e. The number of benzene rings is 3. The average Bonchev–Trinajstić information content (AvgIpc) is 3.52. The Morgan fingerprint density at radius 1 is 0.759 bits per heavy atom. The van der Waals surface area contributed by atoms with E-state index in [0.717, 1.165) is 87.9 Å². The fourth-order valence-electron chi connectivity index (χ4n) is 9.50. The van der Waals surface area contributed by atoms with Crippen molar-refractivity contribution in [1.82, 2.24) is 25.1 Å². The van der Waals surface area contributed by atoms with E-state index in [4.69, 9.17) is 10.6 Å². The highest BCUT2D eigenvalue weighted by atomic mass is 16.7. The summed E-state index contributed by atoms with van der Waals surface area (Å²) in [6.07, 6.45) is 5.16. The van der Waals surface area contributed by atoms with Crippen LogP contribution in [0.4, 0.5) is 22.9 Å². The third kappa shape index (κ3) is 7.72. The molecule has 5 aliphatic heterocycles. The van der Waals surface area contributed by atoms with Gasteiger partial charge in [-0.2, -0.15) is 0 Å². The van der Waals surface area contributed by atoms with Gasteiger partial charge in [0.25, 0.3) is 11.8 Å². The highest BCUT2D eigenvalue weighted by molar-refractivity contribution is 5.96. The van der Waals surface area contributed by atoms with Crippen molar-refractivity contribution in [3.05, 3.63) is 84.4 Å². The fraction of sp³-hybridized carbons (Fsp3) is 0.432. The summed E-state index contributed by atoms with van der Waals surface area (Å²) in [5.41, 5.74) is 12.1. The van der Waals surface area contributed by atoms with Crippen LogP contribution in [0.2, 0.25) is 0 Å². The number of rotatable bonds is 9. The minimum Gasteiger partial charge on any atom is -0.507 e. The molecule has 302 valence electrons. The Bertz CT molecular complexity index is 2120. The summed E-state index contributed by atoms with van der Waals surface area (Å²) >= 11 is 0. The van der Waals surface area contributed by atoms with Crippen LogP contribution >= 0.6 is 0 Å². The van der Waals surface area contributed by atoms with Crippen LogP contribution in [0.25, 0.3) is 11.3 Å². The van der Waals surface area contributed by atoms with E-state index in [9.17, 15) is 19.5 Å². The van der Waals surface area contributed by atoms with Crippen molar-refractivity contribution in [3.8, 4) is 22.8 Å². The van der Waals surface area contributed by atoms with E-state index < -0.39 is 0 Å². The summed E-state index contributed by atoms with van der Waals surface area (Å²) in [7, 11) is 0. The highest BCUT2D eigenvalue weighted by Gasteiger charge is 2.41. The molecule has 14 nitrogen and oxygen atoms in total. The Balaban J connectivity index is 0.751. The first-order valence-corrected chi connectivity index (χ1v) is 20.7. The molecule has 0 radical (unpaired) electrons. The number of nitrogens with zero attached hydrogens (tertiary/aromatic N) is 8. The Kier molecular flexibility index (Phi) is 10.5. The minimum absolute atomic E-state index is 0.0526. The first-order chi connectivity index (χ1) is 28.3. The number of nitrogen functional groups attached to an aromatic ring is 1. The van der Waals surface area contributed by atoms with Gasteiger partial charge in [-0.05, 0) is 105 Å². The predicted octanol–water partition coefficient (Wildman–Crippen LogP) is 4.68. The molecular formula is C44H51N9O5. The third-order valence-corrected chi connectivity index (χ3v) is 12.6. The van der Waals surface area contributed by atoms with Crippen LogP contribution in [0.1, 0.15) is 50.5 Å². The Labute approximate surface area is 338 Å². The summed E-state index contributed by atoms with van der Waals surface area (Å²) in [6, 6.07) is 26.3. The molecule has 5 fully saturated rings. The van der Waals surface area contributed by atoms with E-state index in [1.54, 1.807) is 24.3 Å². The number of piperazine rings is 2. The summed E-state index contributed by atoms with van der Waals surface area (Å²) in [4.78, 5) is 55.2. The van der Waals surface area contributed by atoms with Crippen LogP contribution in [0.3, 0.4) is 0 Å². The molecule has 1 aromatic heterocycles. The number of phenolic OH excluding ortho intramolecular Hbond substituents is 1. The number of carbonyl (C=O) groups is 3. The number of carbonyl (C=O) groups excluding carboxylic acids is 3. The molecule has 6 heterocycles. The zero-order valence-corrected chi connectivity index (χ0v) is 32.8. The third-order valence-electron chi connectivity index (χ3n) is 12.6. The molecule has 14 heteroatoms. The van der Waals surface area contributed by atoms with Gasteiger partial charge in [-0.1, -0.05) is 24.3 Å².